The third-order valence-electron chi connectivity index (χ3n) is 7.80. The van der Waals surface area contributed by atoms with Crippen LogP contribution in [0.25, 0.3) is 0 Å². The van der Waals surface area contributed by atoms with E-state index in [1.54, 1.807) is 0 Å². The summed E-state index contributed by atoms with van der Waals surface area (Å²) in [5, 5.41) is 0. The van der Waals surface area contributed by atoms with Gasteiger partial charge in [-0.1, -0.05) is 20.8 Å². The summed E-state index contributed by atoms with van der Waals surface area (Å²) in [6.45, 7) is 10.5. The lowest BCUT2D eigenvalue weighted by Gasteiger charge is -2.61. The Kier molecular flexibility index (Phi) is 5.93. The second-order valence-electron chi connectivity index (χ2n) is 10.3. The van der Waals surface area contributed by atoms with E-state index in [0.717, 1.165) is 18.3 Å². The van der Waals surface area contributed by atoms with Crippen molar-refractivity contribution < 1.29 is 19.1 Å². The third-order valence-corrected chi connectivity index (χ3v) is 7.80. The van der Waals surface area contributed by atoms with Crippen molar-refractivity contribution in [2.75, 3.05) is 6.61 Å². The third kappa shape index (κ3) is 3.91. The van der Waals surface area contributed by atoms with Gasteiger partial charge in [-0.15, -0.1) is 0 Å². The summed E-state index contributed by atoms with van der Waals surface area (Å²) in [7, 11) is 0. The van der Waals surface area contributed by atoms with E-state index in [9.17, 15) is 9.59 Å². The fraction of sp³-hybridized carbons (Fsp3) is 0.913. The van der Waals surface area contributed by atoms with E-state index in [1.165, 1.54) is 32.1 Å². The van der Waals surface area contributed by atoms with Crippen molar-refractivity contribution in [1.82, 2.24) is 0 Å². The van der Waals surface area contributed by atoms with Crippen LogP contribution in [0.4, 0.5) is 0 Å². The fourth-order valence-electron chi connectivity index (χ4n) is 6.12. The lowest BCUT2D eigenvalue weighted by atomic mass is 9.47. The highest BCUT2D eigenvalue weighted by Crippen LogP contribution is 2.61. The summed E-state index contributed by atoms with van der Waals surface area (Å²) >= 11 is 0. The van der Waals surface area contributed by atoms with E-state index in [4.69, 9.17) is 9.47 Å². The van der Waals surface area contributed by atoms with Crippen LogP contribution < -0.4 is 0 Å². The maximum atomic E-state index is 12.7. The van der Waals surface area contributed by atoms with Gasteiger partial charge < -0.3 is 9.47 Å². The highest BCUT2D eigenvalue weighted by molar-refractivity contribution is 5.75. The van der Waals surface area contributed by atoms with E-state index in [1.807, 2.05) is 20.8 Å². The maximum absolute atomic E-state index is 12.7. The van der Waals surface area contributed by atoms with Crippen molar-refractivity contribution in [1.29, 1.82) is 0 Å². The van der Waals surface area contributed by atoms with Gasteiger partial charge in [-0.05, 0) is 88.4 Å². The van der Waals surface area contributed by atoms with Crippen LogP contribution in [0.5, 0.6) is 0 Å². The molecule has 0 aromatic carbocycles. The number of hydrogen-bond donors (Lipinski definition) is 0. The largest absolute Gasteiger partial charge is 0.465 e. The molecule has 0 aromatic rings. The molecule has 0 amide bonds. The zero-order valence-corrected chi connectivity index (χ0v) is 17.9. The maximum Gasteiger partial charge on any atom is 0.311 e. The quantitative estimate of drug-likeness (QED) is 0.433. The Morgan fingerprint density at radius 3 is 2.07 bits per heavy atom. The Morgan fingerprint density at radius 1 is 1.04 bits per heavy atom. The second kappa shape index (κ2) is 7.75. The van der Waals surface area contributed by atoms with Crippen LogP contribution in [0.2, 0.25) is 0 Å². The molecule has 4 aliphatic rings. The number of ether oxygens (including phenoxy) is 2. The van der Waals surface area contributed by atoms with E-state index < -0.39 is 5.41 Å². The number of esters is 2. The average Bonchev–Trinajstić information content (AvgIpc) is 2.60. The van der Waals surface area contributed by atoms with Crippen molar-refractivity contribution in [3.8, 4) is 0 Å². The Balaban J connectivity index is 1.52. The number of carbonyl (C=O) groups is 2. The Hall–Kier alpha value is -1.06. The first-order chi connectivity index (χ1) is 12.7. The predicted octanol–water partition coefficient (Wildman–Crippen LogP) is 5.14. The molecule has 0 atom stereocenters. The zero-order chi connectivity index (χ0) is 19.8. The molecule has 4 rings (SSSR count). The molecule has 4 bridgehead atoms. The predicted molar refractivity (Wildman–Crippen MR) is 105 cm³/mol. The standard InChI is InChI=1S/C23H38O4/c1-6-22(4,5)21(25)26-9-7-8-20(24)27-23(15(2)3)18-11-16-10-17(13-18)14-19(23)12-16/h15-19H,6-14H2,1-5H3. The van der Waals surface area contributed by atoms with Gasteiger partial charge in [0, 0.05) is 6.42 Å². The summed E-state index contributed by atoms with van der Waals surface area (Å²) in [5.41, 5.74) is -0.714. The van der Waals surface area contributed by atoms with Gasteiger partial charge in [0.2, 0.25) is 0 Å². The number of hydrogen-bond acceptors (Lipinski definition) is 4. The zero-order valence-electron chi connectivity index (χ0n) is 17.9. The van der Waals surface area contributed by atoms with Crippen molar-refractivity contribution in [2.45, 2.75) is 91.6 Å². The first-order valence-electron chi connectivity index (χ1n) is 11.1. The molecule has 0 spiro atoms. The normalized spacial score (nSPS) is 34.7. The average molecular weight is 379 g/mol. The van der Waals surface area contributed by atoms with Gasteiger partial charge in [-0.25, -0.2) is 0 Å². The molecule has 4 heteroatoms. The summed E-state index contributed by atoms with van der Waals surface area (Å²) in [6, 6.07) is 0. The Labute approximate surface area is 164 Å². The van der Waals surface area contributed by atoms with Crippen LogP contribution >= 0.6 is 0 Å². The molecule has 4 fully saturated rings. The molecule has 154 valence electrons. The van der Waals surface area contributed by atoms with Gasteiger partial charge in [-0.2, -0.15) is 0 Å². The summed E-state index contributed by atoms with van der Waals surface area (Å²) in [6.07, 6.45) is 7.97. The van der Waals surface area contributed by atoms with Crippen LogP contribution in [0.15, 0.2) is 0 Å². The van der Waals surface area contributed by atoms with E-state index in [2.05, 4.69) is 13.8 Å². The van der Waals surface area contributed by atoms with Crippen molar-refractivity contribution in [2.24, 2.45) is 35.0 Å². The minimum absolute atomic E-state index is 0.109. The van der Waals surface area contributed by atoms with Gasteiger partial charge in [0.05, 0.1) is 12.0 Å². The summed E-state index contributed by atoms with van der Waals surface area (Å²) < 4.78 is 11.7. The Bertz CT molecular complexity index is 535. The van der Waals surface area contributed by atoms with Crippen LogP contribution in [0, 0.1) is 35.0 Å². The first-order valence-corrected chi connectivity index (χ1v) is 11.1. The molecule has 27 heavy (non-hydrogen) atoms. The lowest BCUT2D eigenvalue weighted by Crippen LogP contribution is -2.62. The molecule has 0 aromatic heterocycles. The van der Waals surface area contributed by atoms with E-state index >= 15 is 0 Å². The Morgan fingerprint density at radius 2 is 1.59 bits per heavy atom. The number of rotatable bonds is 8. The smallest absolute Gasteiger partial charge is 0.311 e. The molecule has 0 radical (unpaired) electrons. The van der Waals surface area contributed by atoms with Crippen LogP contribution in [-0.4, -0.2) is 24.1 Å². The van der Waals surface area contributed by atoms with Crippen LogP contribution in [0.1, 0.15) is 86.0 Å². The molecule has 0 N–H and O–H groups in total. The monoisotopic (exact) mass is 378 g/mol. The van der Waals surface area contributed by atoms with Gasteiger partial charge >= 0.3 is 11.9 Å². The van der Waals surface area contributed by atoms with Crippen molar-refractivity contribution in [3.63, 3.8) is 0 Å². The topological polar surface area (TPSA) is 52.6 Å². The van der Waals surface area contributed by atoms with E-state index in [-0.39, 0.29) is 17.5 Å². The summed E-state index contributed by atoms with van der Waals surface area (Å²) in [5.74, 6) is 2.88. The molecular weight excluding hydrogens is 340 g/mol. The minimum atomic E-state index is -0.456. The molecule has 0 heterocycles. The van der Waals surface area contributed by atoms with Crippen molar-refractivity contribution >= 4 is 11.9 Å². The van der Waals surface area contributed by atoms with Gasteiger partial charge in [0.15, 0.2) is 0 Å². The van der Waals surface area contributed by atoms with Gasteiger partial charge in [0.1, 0.15) is 5.60 Å². The molecule has 0 saturated heterocycles. The SMILES string of the molecule is CCC(C)(C)C(=O)OCCCC(=O)OC1(C(C)C)C2CC3CC(C2)CC1C3. The van der Waals surface area contributed by atoms with Gasteiger partial charge in [-0.3, -0.25) is 9.59 Å². The molecule has 4 aliphatic carbocycles. The first kappa shape index (κ1) is 20.7. The molecule has 4 nitrogen and oxygen atoms in total. The minimum Gasteiger partial charge on any atom is -0.465 e. The highest BCUT2D eigenvalue weighted by Gasteiger charge is 2.60. The molecule has 4 saturated carbocycles. The van der Waals surface area contributed by atoms with Crippen LogP contribution in [-0.2, 0) is 19.1 Å². The fourth-order valence-corrected chi connectivity index (χ4v) is 6.12. The van der Waals surface area contributed by atoms with Crippen molar-refractivity contribution in [3.05, 3.63) is 0 Å². The van der Waals surface area contributed by atoms with Gasteiger partial charge in [0.25, 0.3) is 0 Å². The molecule has 0 unspecified atom stereocenters. The summed E-state index contributed by atoms with van der Waals surface area (Å²) in [4.78, 5) is 24.7. The highest BCUT2D eigenvalue weighted by atomic mass is 16.6. The van der Waals surface area contributed by atoms with E-state index in [0.29, 0.717) is 37.2 Å². The molecular formula is C23H38O4. The lowest BCUT2D eigenvalue weighted by molar-refractivity contribution is -0.225. The molecule has 0 aliphatic heterocycles. The van der Waals surface area contributed by atoms with Crippen LogP contribution in [0.3, 0.4) is 0 Å². The second-order valence-corrected chi connectivity index (χ2v) is 10.3. The number of carbonyl (C=O) groups excluding carboxylic acids is 2.